The van der Waals surface area contributed by atoms with E-state index in [9.17, 15) is 13.2 Å². The first-order chi connectivity index (χ1) is 3.25. The van der Waals surface area contributed by atoms with Crippen LogP contribution in [0.1, 0.15) is 0 Å². The molecule has 0 atom stereocenters. The highest BCUT2D eigenvalue weighted by Gasteiger charge is 2.52. The van der Waals surface area contributed by atoms with E-state index in [4.69, 9.17) is 15.3 Å². The van der Waals surface area contributed by atoms with Gasteiger partial charge in [0.2, 0.25) is 0 Å². The average Bonchev–Trinajstić information content (AvgIpc) is 1.25. The fraction of sp³-hybridized carbons (Fsp3) is 1.00. The van der Waals surface area contributed by atoms with Crippen molar-refractivity contribution in [2.45, 2.75) is 12.1 Å². The van der Waals surface area contributed by atoms with Crippen LogP contribution in [0.3, 0.4) is 0 Å². The number of rotatable bonds is 0. The largest absolute Gasteiger partial charge is 0.472 e. The van der Waals surface area contributed by atoms with Crippen LogP contribution in [-0.2, 0) is 0 Å². The van der Waals surface area contributed by atoms with Gasteiger partial charge in [0.05, 0.1) is 0 Å². The van der Waals surface area contributed by atoms with Gasteiger partial charge in [-0.25, -0.2) is 0 Å². The summed E-state index contributed by atoms with van der Waals surface area (Å²) in [6.45, 7) is 0. The van der Waals surface area contributed by atoms with Crippen LogP contribution in [0.4, 0.5) is 13.2 Å². The molecule has 0 aliphatic rings. The molecule has 3 nitrogen and oxygen atoms in total. The molecule has 0 bridgehead atoms. The fourth-order valence-electron chi connectivity index (χ4n) is 0. The van der Waals surface area contributed by atoms with Gasteiger partial charge in [-0.3, -0.25) is 0 Å². The Balaban J connectivity index is 4.02. The van der Waals surface area contributed by atoms with Gasteiger partial charge in [-0.05, 0) is 0 Å². The highest BCUT2D eigenvalue weighted by Crippen LogP contribution is 2.24. The first kappa shape index (κ1) is 7.67. The number of hydrogen-bond acceptors (Lipinski definition) is 3. The van der Waals surface area contributed by atoms with E-state index in [0.717, 1.165) is 0 Å². The minimum absolute atomic E-state index is 4.56. The molecule has 0 heterocycles. The fourth-order valence-corrected chi connectivity index (χ4v) is 0. The molecule has 0 aromatic heterocycles. The Morgan fingerprint density at radius 1 is 0.875 bits per heavy atom. The van der Waals surface area contributed by atoms with Crippen molar-refractivity contribution in [2.24, 2.45) is 0 Å². The van der Waals surface area contributed by atoms with Crippen LogP contribution in [0, 0.1) is 0 Å². The smallest absolute Gasteiger partial charge is 0.336 e. The zero-order chi connectivity index (χ0) is 7.00. The molecule has 0 aliphatic carbocycles. The monoisotopic (exact) mass is 132 g/mol. The molecule has 3 N–H and O–H groups in total. The van der Waals surface area contributed by atoms with Gasteiger partial charge in [0, 0.05) is 0 Å². The van der Waals surface area contributed by atoms with Crippen molar-refractivity contribution in [1.29, 1.82) is 0 Å². The van der Waals surface area contributed by atoms with Crippen LogP contribution in [-0.4, -0.2) is 27.5 Å². The lowest BCUT2D eigenvalue weighted by Gasteiger charge is -2.16. The Morgan fingerprint density at radius 2 is 1.00 bits per heavy atom. The Labute approximate surface area is 42.0 Å². The van der Waals surface area contributed by atoms with E-state index >= 15 is 0 Å². The minimum Gasteiger partial charge on any atom is -0.336 e. The lowest BCUT2D eigenvalue weighted by Crippen LogP contribution is -2.44. The predicted octanol–water partition coefficient (Wildman–Crippen LogP) is -0.821. The second-order valence-corrected chi connectivity index (χ2v) is 1.13. The summed E-state index contributed by atoms with van der Waals surface area (Å²) < 4.78 is 32.4. The third-order valence-electron chi connectivity index (χ3n) is 0.380. The van der Waals surface area contributed by atoms with E-state index in [-0.39, 0.29) is 0 Å². The van der Waals surface area contributed by atoms with Crippen LogP contribution in [0.2, 0.25) is 0 Å². The third-order valence-corrected chi connectivity index (χ3v) is 0.380. The van der Waals surface area contributed by atoms with Gasteiger partial charge in [0.25, 0.3) is 0 Å². The highest BCUT2D eigenvalue weighted by molar-refractivity contribution is 4.57. The second kappa shape index (κ2) is 1.57. The maximum atomic E-state index is 10.8. The number of halogens is 3. The second-order valence-electron chi connectivity index (χ2n) is 1.13. The summed E-state index contributed by atoms with van der Waals surface area (Å²) in [5.74, 6) is -4.56. The summed E-state index contributed by atoms with van der Waals surface area (Å²) in [7, 11) is 0. The third kappa shape index (κ3) is 1.65. The zero-order valence-corrected chi connectivity index (χ0v) is 3.48. The van der Waals surface area contributed by atoms with Crippen LogP contribution >= 0.6 is 0 Å². The number of alkyl halides is 3. The first-order valence-electron chi connectivity index (χ1n) is 1.49. The highest BCUT2D eigenvalue weighted by atomic mass is 19.4. The van der Waals surface area contributed by atoms with Gasteiger partial charge in [0.15, 0.2) is 0 Å². The lowest BCUT2D eigenvalue weighted by molar-refractivity contribution is -0.442. The van der Waals surface area contributed by atoms with Crippen molar-refractivity contribution in [3.8, 4) is 0 Å². The predicted molar refractivity (Wildman–Crippen MR) is 15.4 cm³/mol. The first-order valence-corrected chi connectivity index (χ1v) is 1.49. The van der Waals surface area contributed by atoms with Crippen LogP contribution in [0.5, 0.6) is 0 Å². The number of hydrogen-bond donors (Lipinski definition) is 3. The van der Waals surface area contributed by atoms with E-state index in [1.807, 2.05) is 0 Å². The van der Waals surface area contributed by atoms with Crippen molar-refractivity contribution in [3.05, 3.63) is 0 Å². The van der Waals surface area contributed by atoms with Gasteiger partial charge in [-0.1, -0.05) is 0 Å². The summed E-state index contributed by atoms with van der Waals surface area (Å²) in [5, 5.41) is 22.0. The molecule has 0 saturated carbocycles. The van der Waals surface area contributed by atoms with Crippen molar-refractivity contribution in [3.63, 3.8) is 0 Å². The Morgan fingerprint density at radius 3 is 1.00 bits per heavy atom. The molecule has 8 heavy (non-hydrogen) atoms. The van der Waals surface area contributed by atoms with E-state index in [1.54, 1.807) is 0 Å². The molecule has 0 aromatic carbocycles. The van der Waals surface area contributed by atoms with Crippen molar-refractivity contribution >= 4 is 0 Å². The molecule has 0 fully saturated rings. The molecule has 0 aliphatic heterocycles. The maximum absolute atomic E-state index is 10.8. The van der Waals surface area contributed by atoms with Crippen LogP contribution in [0.25, 0.3) is 0 Å². The normalized spacial score (nSPS) is 14.2. The Bertz CT molecular complexity index is 67.5. The molecule has 0 aromatic rings. The lowest BCUT2D eigenvalue weighted by atomic mass is 10.6. The van der Waals surface area contributed by atoms with Gasteiger partial charge >= 0.3 is 12.1 Å². The summed E-state index contributed by atoms with van der Waals surface area (Å²) in [6.07, 6.45) is -5.40. The maximum Gasteiger partial charge on any atom is 0.472 e. The van der Waals surface area contributed by atoms with E-state index in [2.05, 4.69) is 0 Å². The molecule has 0 amide bonds. The topological polar surface area (TPSA) is 60.7 Å². The molecular weight excluding hydrogens is 129 g/mol. The molecule has 0 saturated heterocycles. The van der Waals surface area contributed by atoms with Crippen molar-refractivity contribution in [2.75, 3.05) is 0 Å². The van der Waals surface area contributed by atoms with E-state index in [1.165, 1.54) is 0 Å². The van der Waals surface area contributed by atoms with Gasteiger partial charge < -0.3 is 15.3 Å². The Kier molecular flexibility index (Phi) is 1.51. The van der Waals surface area contributed by atoms with Crippen LogP contribution < -0.4 is 0 Å². The van der Waals surface area contributed by atoms with Crippen molar-refractivity contribution in [1.82, 2.24) is 0 Å². The average molecular weight is 132 g/mol. The molecule has 6 heteroatoms. The van der Waals surface area contributed by atoms with Crippen molar-refractivity contribution < 1.29 is 28.5 Å². The molecule has 0 rings (SSSR count). The molecular formula is C2H3F3O3. The molecule has 0 radical (unpaired) electrons. The Hall–Kier alpha value is -0.330. The van der Waals surface area contributed by atoms with Gasteiger partial charge in [-0.15, -0.1) is 0 Å². The van der Waals surface area contributed by atoms with Gasteiger partial charge in [0.1, 0.15) is 0 Å². The summed E-state index contributed by atoms with van der Waals surface area (Å²) in [4.78, 5) is 0. The minimum atomic E-state index is -5.40. The molecule has 50 valence electrons. The summed E-state index contributed by atoms with van der Waals surface area (Å²) in [5.41, 5.74) is 0. The summed E-state index contributed by atoms with van der Waals surface area (Å²) >= 11 is 0. The van der Waals surface area contributed by atoms with Crippen LogP contribution in [0.15, 0.2) is 0 Å². The molecule has 0 spiro atoms. The molecule has 0 unspecified atom stereocenters. The standard InChI is InChI=1S/C2H3F3O3/c3-1(4,5)2(6,7)8/h6-8H. The van der Waals surface area contributed by atoms with Gasteiger partial charge in [-0.2, -0.15) is 13.2 Å². The van der Waals surface area contributed by atoms with E-state index < -0.39 is 12.1 Å². The zero-order valence-electron chi connectivity index (χ0n) is 3.48. The number of aliphatic hydroxyl groups is 3. The SMILES string of the molecule is OC(O)(O)C(F)(F)F. The quantitative estimate of drug-likeness (QED) is 0.377. The van der Waals surface area contributed by atoms with E-state index in [0.29, 0.717) is 0 Å². The summed E-state index contributed by atoms with van der Waals surface area (Å²) in [6, 6.07) is 0.